The first-order chi connectivity index (χ1) is 11.9. The molecule has 0 spiro atoms. The van der Waals surface area contributed by atoms with Gasteiger partial charge in [0.05, 0.1) is 17.1 Å². The van der Waals surface area contributed by atoms with Crippen LogP contribution in [0, 0.1) is 11.6 Å². The van der Waals surface area contributed by atoms with Gasteiger partial charge in [0.2, 0.25) is 10.0 Å². The molecule has 0 saturated carbocycles. The second kappa shape index (κ2) is 6.79. The van der Waals surface area contributed by atoms with Gasteiger partial charge in [-0.2, -0.15) is 0 Å². The zero-order valence-electron chi connectivity index (χ0n) is 13.2. The van der Waals surface area contributed by atoms with Crippen molar-refractivity contribution in [2.75, 3.05) is 21.9 Å². The molecule has 1 aliphatic heterocycles. The van der Waals surface area contributed by atoms with E-state index in [4.69, 9.17) is 0 Å². The molecule has 0 atom stereocenters. The third-order valence-electron chi connectivity index (χ3n) is 3.92. The second-order valence-corrected chi connectivity index (χ2v) is 7.74. The number of halogens is 2. The van der Waals surface area contributed by atoms with Gasteiger partial charge in [-0.1, -0.05) is 6.07 Å². The first-order valence-corrected chi connectivity index (χ1v) is 9.35. The van der Waals surface area contributed by atoms with E-state index in [1.54, 1.807) is 12.1 Å². The first kappa shape index (κ1) is 17.3. The van der Waals surface area contributed by atoms with Gasteiger partial charge >= 0.3 is 0 Å². The largest absolute Gasteiger partial charge is 0.319 e. The lowest BCUT2D eigenvalue weighted by atomic mass is 10.1. The van der Waals surface area contributed by atoms with Crippen LogP contribution in [0.5, 0.6) is 0 Å². The van der Waals surface area contributed by atoms with Crippen LogP contribution in [0.4, 0.5) is 20.2 Å². The van der Waals surface area contributed by atoms with E-state index in [-0.39, 0.29) is 17.0 Å². The number of sulfonamides is 1. The van der Waals surface area contributed by atoms with Crippen LogP contribution in [0.15, 0.2) is 42.5 Å². The van der Waals surface area contributed by atoms with Crippen molar-refractivity contribution in [1.82, 2.24) is 0 Å². The maximum atomic E-state index is 13.7. The van der Waals surface area contributed by atoms with Gasteiger partial charge < -0.3 is 5.32 Å². The minimum atomic E-state index is -3.39. The van der Waals surface area contributed by atoms with Crippen molar-refractivity contribution in [2.24, 2.45) is 0 Å². The summed E-state index contributed by atoms with van der Waals surface area (Å²) in [6.45, 7) is 0.361. The van der Waals surface area contributed by atoms with Crippen LogP contribution < -0.4 is 9.62 Å². The van der Waals surface area contributed by atoms with Crippen molar-refractivity contribution in [3.8, 4) is 0 Å². The fourth-order valence-corrected chi connectivity index (χ4v) is 4.30. The molecule has 132 valence electrons. The molecule has 1 heterocycles. The summed E-state index contributed by atoms with van der Waals surface area (Å²) >= 11 is 0. The van der Waals surface area contributed by atoms with Crippen molar-refractivity contribution in [3.63, 3.8) is 0 Å². The number of amides is 1. The summed E-state index contributed by atoms with van der Waals surface area (Å²) < 4.78 is 52.2. The first-order valence-electron chi connectivity index (χ1n) is 7.74. The van der Waals surface area contributed by atoms with Crippen LogP contribution in [0.1, 0.15) is 23.2 Å². The highest BCUT2D eigenvalue weighted by atomic mass is 32.2. The SMILES string of the molecule is O=C(Nc1ccc(F)cc1F)c1cccc(N2CCCCS2(=O)=O)c1. The lowest BCUT2D eigenvalue weighted by Crippen LogP contribution is -2.37. The number of carbonyl (C=O) groups excluding carboxylic acids is 1. The summed E-state index contributed by atoms with van der Waals surface area (Å²) in [5.41, 5.74) is 0.427. The summed E-state index contributed by atoms with van der Waals surface area (Å²) in [6.07, 6.45) is 1.36. The number of hydrogen-bond donors (Lipinski definition) is 1. The van der Waals surface area contributed by atoms with E-state index in [2.05, 4.69) is 5.32 Å². The van der Waals surface area contributed by atoms with Crippen LogP contribution in [0.2, 0.25) is 0 Å². The summed E-state index contributed by atoms with van der Waals surface area (Å²) in [5, 5.41) is 2.36. The summed E-state index contributed by atoms with van der Waals surface area (Å²) in [6, 6.07) is 8.95. The fourth-order valence-electron chi connectivity index (χ4n) is 2.67. The summed E-state index contributed by atoms with van der Waals surface area (Å²) in [5.74, 6) is -2.16. The average Bonchev–Trinajstić information content (AvgIpc) is 2.57. The van der Waals surface area contributed by atoms with E-state index in [1.807, 2.05) is 0 Å². The lowest BCUT2D eigenvalue weighted by Gasteiger charge is -2.28. The number of anilines is 2. The van der Waals surface area contributed by atoms with Crippen molar-refractivity contribution in [2.45, 2.75) is 12.8 Å². The van der Waals surface area contributed by atoms with E-state index >= 15 is 0 Å². The molecule has 5 nitrogen and oxygen atoms in total. The molecule has 2 aromatic rings. The Morgan fingerprint density at radius 3 is 2.60 bits per heavy atom. The standard InChI is InChI=1S/C17H16F2N2O3S/c18-13-6-7-16(15(19)11-13)20-17(22)12-4-3-5-14(10-12)21-8-1-2-9-25(21,23)24/h3-7,10-11H,1-2,8-9H2,(H,20,22). The Labute approximate surface area is 144 Å². The maximum absolute atomic E-state index is 13.7. The number of nitrogens with zero attached hydrogens (tertiary/aromatic N) is 1. The Kier molecular flexibility index (Phi) is 4.71. The van der Waals surface area contributed by atoms with Gasteiger partial charge in [0.25, 0.3) is 5.91 Å². The Hall–Kier alpha value is -2.48. The number of nitrogens with one attached hydrogen (secondary N) is 1. The Bertz CT molecular complexity index is 916. The van der Waals surface area contributed by atoms with Crippen molar-refractivity contribution < 1.29 is 22.0 Å². The van der Waals surface area contributed by atoms with Crippen LogP contribution in [-0.4, -0.2) is 26.6 Å². The Balaban J connectivity index is 1.84. The molecule has 0 unspecified atom stereocenters. The molecule has 1 amide bonds. The Morgan fingerprint density at radius 1 is 1.08 bits per heavy atom. The average molecular weight is 366 g/mol. The van der Waals surface area contributed by atoms with Crippen LogP contribution in [-0.2, 0) is 10.0 Å². The van der Waals surface area contributed by atoms with Crippen molar-refractivity contribution >= 4 is 27.3 Å². The molecule has 0 aliphatic carbocycles. The van der Waals surface area contributed by atoms with E-state index in [1.165, 1.54) is 16.4 Å². The lowest BCUT2D eigenvalue weighted by molar-refractivity contribution is 0.102. The van der Waals surface area contributed by atoms with E-state index in [9.17, 15) is 22.0 Å². The van der Waals surface area contributed by atoms with E-state index in [0.717, 1.165) is 18.6 Å². The highest BCUT2D eigenvalue weighted by Crippen LogP contribution is 2.25. The Morgan fingerprint density at radius 2 is 1.88 bits per heavy atom. The number of hydrogen-bond acceptors (Lipinski definition) is 3. The molecule has 0 bridgehead atoms. The number of rotatable bonds is 3. The highest BCUT2D eigenvalue weighted by Gasteiger charge is 2.26. The molecule has 8 heteroatoms. The van der Waals surface area contributed by atoms with Gasteiger partial charge in [-0.15, -0.1) is 0 Å². The smallest absolute Gasteiger partial charge is 0.255 e. The molecule has 25 heavy (non-hydrogen) atoms. The topological polar surface area (TPSA) is 66.5 Å². The predicted molar refractivity (Wildman–Crippen MR) is 91.1 cm³/mol. The van der Waals surface area contributed by atoms with Crippen LogP contribution in [0.3, 0.4) is 0 Å². The zero-order chi connectivity index (χ0) is 18.0. The minimum Gasteiger partial charge on any atom is -0.319 e. The highest BCUT2D eigenvalue weighted by molar-refractivity contribution is 7.92. The quantitative estimate of drug-likeness (QED) is 0.907. The molecule has 0 radical (unpaired) electrons. The van der Waals surface area contributed by atoms with Gasteiger partial charge in [0, 0.05) is 18.2 Å². The van der Waals surface area contributed by atoms with Gasteiger partial charge in [-0.25, -0.2) is 17.2 Å². The zero-order valence-corrected chi connectivity index (χ0v) is 14.0. The van der Waals surface area contributed by atoms with Crippen LogP contribution in [0.25, 0.3) is 0 Å². The normalized spacial score (nSPS) is 16.5. The molecule has 0 aromatic heterocycles. The maximum Gasteiger partial charge on any atom is 0.255 e. The van der Waals surface area contributed by atoms with Crippen molar-refractivity contribution in [1.29, 1.82) is 0 Å². The third-order valence-corrected chi connectivity index (χ3v) is 5.79. The molecular weight excluding hydrogens is 350 g/mol. The second-order valence-electron chi connectivity index (χ2n) is 5.72. The molecule has 1 aliphatic rings. The summed E-state index contributed by atoms with van der Waals surface area (Å²) in [4.78, 5) is 12.3. The molecular formula is C17H16F2N2O3S. The van der Waals surface area contributed by atoms with Gasteiger partial charge in [0.15, 0.2) is 0 Å². The fraction of sp³-hybridized carbons (Fsp3) is 0.235. The minimum absolute atomic E-state index is 0.0736. The third kappa shape index (κ3) is 3.79. The molecule has 1 saturated heterocycles. The van der Waals surface area contributed by atoms with Crippen molar-refractivity contribution in [3.05, 3.63) is 59.7 Å². The van der Waals surface area contributed by atoms with Gasteiger partial charge in [-0.3, -0.25) is 9.10 Å². The number of carbonyl (C=O) groups is 1. The van der Waals surface area contributed by atoms with Gasteiger partial charge in [-0.05, 0) is 43.2 Å². The summed E-state index contributed by atoms with van der Waals surface area (Å²) in [7, 11) is -3.39. The van der Waals surface area contributed by atoms with E-state index in [0.29, 0.717) is 24.7 Å². The van der Waals surface area contributed by atoms with Gasteiger partial charge in [0.1, 0.15) is 11.6 Å². The molecule has 1 N–H and O–H groups in total. The molecule has 1 fully saturated rings. The molecule has 2 aromatic carbocycles. The van der Waals surface area contributed by atoms with E-state index < -0.39 is 27.6 Å². The molecule has 3 rings (SSSR count). The predicted octanol–water partition coefficient (Wildman–Crippen LogP) is 3.15. The number of benzene rings is 2. The van der Waals surface area contributed by atoms with Crippen LogP contribution >= 0.6 is 0 Å². The monoisotopic (exact) mass is 366 g/mol.